The summed E-state index contributed by atoms with van der Waals surface area (Å²) in [6, 6.07) is 3.99. The molecule has 0 amide bonds. The van der Waals surface area contributed by atoms with Gasteiger partial charge < -0.3 is 10.1 Å². The lowest BCUT2D eigenvalue weighted by Crippen LogP contribution is -2.09. The first-order valence-electron chi connectivity index (χ1n) is 8.76. The predicted molar refractivity (Wildman–Crippen MR) is 104 cm³/mol. The molecule has 132 valence electrons. The number of rotatable bonds is 3. The number of anilines is 2. The summed E-state index contributed by atoms with van der Waals surface area (Å²) in [5, 5.41) is 8.91. The molecule has 0 bridgehead atoms. The first kappa shape index (κ1) is 15.6. The van der Waals surface area contributed by atoms with E-state index in [4.69, 9.17) is 4.74 Å². The second-order valence-corrected chi connectivity index (χ2v) is 7.92. The molecule has 4 aromatic heterocycles. The Morgan fingerprint density at radius 3 is 3.15 bits per heavy atom. The zero-order valence-corrected chi connectivity index (χ0v) is 15.5. The quantitative estimate of drug-likeness (QED) is 0.589. The van der Waals surface area contributed by atoms with Gasteiger partial charge in [0.1, 0.15) is 17.0 Å². The van der Waals surface area contributed by atoms with Crippen molar-refractivity contribution in [3.05, 3.63) is 41.3 Å². The number of nitrogens with zero attached hydrogens (tertiary/aromatic N) is 4. The highest BCUT2D eigenvalue weighted by Crippen LogP contribution is 2.41. The molecule has 1 aliphatic rings. The molecule has 0 aliphatic heterocycles. The maximum Gasteiger partial charge on any atom is 0.160 e. The van der Waals surface area contributed by atoms with E-state index in [0.717, 1.165) is 51.7 Å². The first-order chi connectivity index (χ1) is 12.7. The summed E-state index contributed by atoms with van der Waals surface area (Å²) in [7, 11) is 1.67. The van der Waals surface area contributed by atoms with Crippen LogP contribution in [-0.4, -0.2) is 26.7 Å². The van der Waals surface area contributed by atoms with Gasteiger partial charge in [-0.1, -0.05) is 6.92 Å². The van der Waals surface area contributed by atoms with Gasteiger partial charge in [0.15, 0.2) is 5.75 Å². The Kier molecular flexibility index (Phi) is 3.56. The number of methoxy groups -OCH3 is 1. The molecule has 4 aromatic rings. The van der Waals surface area contributed by atoms with Gasteiger partial charge in [-0.2, -0.15) is 5.10 Å². The van der Waals surface area contributed by atoms with Gasteiger partial charge in [-0.05, 0) is 42.9 Å². The van der Waals surface area contributed by atoms with Crippen molar-refractivity contribution in [2.75, 3.05) is 12.4 Å². The number of aryl methyl sites for hydroxylation is 1. The second-order valence-electron chi connectivity index (χ2n) is 6.84. The molecule has 0 saturated carbocycles. The topological polar surface area (TPSA) is 64.3 Å². The van der Waals surface area contributed by atoms with E-state index >= 15 is 0 Å². The van der Waals surface area contributed by atoms with E-state index in [1.54, 1.807) is 35.5 Å². The van der Waals surface area contributed by atoms with Gasteiger partial charge in [0.25, 0.3) is 0 Å². The van der Waals surface area contributed by atoms with E-state index in [2.05, 4.69) is 27.3 Å². The fourth-order valence-electron chi connectivity index (χ4n) is 3.70. The van der Waals surface area contributed by atoms with E-state index in [1.807, 2.05) is 18.3 Å². The molecular formula is C19H19N5OS. The van der Waals surface area contributed by atoms with Crippen molar-refractivity contribution in [1.29, 1.82) is 0 Å². The number of fused-ring (bicyclic) bond motifs is 4. The molecular weight excluding hydrogens is 346 g/mol. The number of aromatic nitrogens is 4. The summed E-state index contributed by atoms with van der Waals surface area (Å²) in [6.07, 6.45) is 8.75. The van der Waals surface area contributed by atoms with Crippen LogP contribution in [0.3, 0.4) is 0 Å². The summed E-state index contributed by atoms with van der Waals surface area (Å²) in [4.78, 5) is 11.6. The Morgan fingerprint density at radius 2 is 2.27 bits per heavy atom. The smallest absolute Gasteiger partial charge is 0.160 e. The Hall–Kier alpha value is -2.67. The lowest BCUT2D eigenvalue weighted by molar-refractivity contribution is 0.413. The Bertz CT molecular complexity index is 1120. The van der Waals surface area contributed by atoms with Crippen molar-refractivity contribution >= 4 is 38.6 Å². The molecule has 0 unspecified atom stereocenters. The van der Waals surface area contributed by atoms with Crippen molar-refractivity contribution in [3.8, 4) is 5.75 Å². The second kappa shape index (κ2) is 5.95. The number of hydrogen-bond donors (Lipinski definition) is 1. The highest BCUT2D eigenvalue weighted by Gasteiger charge is 2.23. The molecule has 6 nitrogen and oxygen atoms in total. The van der Waals surface area contributed by atoms with Crippen LogP contribution in [0.2, 0.25) is 0 Å². The zero-order chi connectivity index (χ0) is 17.7. The van der Waals surface area contributed by atoms with Gasteiger partial charge >= 0.3 is 0 Å². The molecule has 26 heavy (non-hydrogen) atoms. The van der Waals surface area contributed by atoms with Crippen molar-refractivity contribution in [2.24, 2.45) is 5.92 Å². The monoisotopic (exact) mass is 365 g/mol. The van der Waals surface area contributed by atoms with Gasteiger partial charge in [0.2, 0.25) is 0 Å². The van der Waals surface area contributed by atoms with Crippen molar-refractivity contribution in [2.45, 2.75) is 26.2 Å². The average molecular weight is 365 g/mol. The maximum atomic E-state index is 5.55. The van der Waals surface area contributed by atoms with E-state index in [0.29, 0.717) is 0 Å². The fourth-order valence-corrected chi connectivity index (χ4v) is 5.05. The SMILES string of the molecule is COc1cn2nccc2cc1Nc1ncnc2sc3c(c12)CC[C@H](C)C3. The van der Waals surface area contributed by atoms with Crippen LogP contribution in [0.15, 0.2) is 30.9 Å². The predicted octanol–water partition coefficient (Wildman–Crippen LogP) is 4.22. The highest BCUT2D eigenvalue weighted by atomic mass is 32.1. The summed E-state index contributed by atoms with van der Waals surface area (Å²) in [6.45, 7) is 2.32. The Balaban J connectivity index is 1.64. The lowest BCUT2D eigenvalue weighted by atomic mass is 9.89. The van der Waals surface area contributed by atoms with Crippen LogP contribution in [-0.2, 0) is 12.8 Å². The van der Waals surface area contributed by atoms with E-state index in [-0.39, 0.29) is 0 Å². The lowest BCUT2D eigenvalue weighted by Gasteiger charge is -2.18. The minimum absolute atomic E-state index is 0.727. The van der Waals surface area contributed by atoms with Gasteiger partial charge in [0.05, 0.1) is 29.9 Å². The zero-order valence-electron chi connectivity index (χ0n) is 14.7. The summed E-state index contributed by atoms with van der Waals surface area (Å²) >= 11 is 1.81. The van der Waals surface area contributed by atoms with Crippen molar-refractivity contribution in [3.63, 3.8) is 0 Å². The third kappa shape index (κ3) is 2.42. The van der Waals surface area contributed by atoms with Crippen LogP contribution < -0.4 is 10.1 Å². The minimum atomic E-state index is 0.727. The maximum absolute atomic E-state index is 5.55. The molecule has 1 atom stereocenters. The van der Waals surface area contributed by atoms with Crippen LogP contribution >= 0.6 is 11.3 Å². The summed E-state index contributed by atoms with van der Waals surface area (Å²) in [5.74, 6) is 2.32. The van der Waals surface area contributed by atoms with Crippen LogP contribution in [0, 0.1) is 5.92 Å². The molecule has 0 aromatic carbocycles. The van der Waals surface area contributed by atoms with E-state index in [1.165, 1.54) is 16.9 Å². The van der Waals surface area contributed by atoms with Crippen molar-refractivity contribution in [1.82, 2.24) is 19.6 Å². The van der Waals surface area contributed by atoms with Gasteiger partial charge in [-0.15, -0.1) is 11.3 Å². The average Bonchev–Trinajstić information content (AvgIpc) is 3.24. The molecule has 1 aliphatic carbocycles. The third-order valence-corrected chi connectivity index (χ3v) is 6.23. The van der Waals surface area contributed by atoms with Crippen LogP contribution in [0.25, 0.3) is 15.7 Å². The van der Waals surface area contributed by atoms with Gasteiger partial charge in [-0.3, -0.25) is 0 Å². The highest BCUT2D eigenvalue weighted by molar-refractivity contribution is 7.19. The van der Waals surface area contributed by atoms with Gasteiger partial charge in [0, 0.05) is 11.1 Å². The number of thiophene rings is 1. The van der Waals surface area contributed by atoms with Crippen LogP contribution in [0.4, 0.5) is 11.5 Å². The third-order valence-electron chi connectivity index (χ3n) is 5.06. The number of ether oxygens (including phenoxy) is 1. The van der Waals surface area contributed by atoms with Gasteiger partial charge in [-0.25, -0.2) is 14.5 Å². The molecule has 0 spiro atoms. The molecule has 0 saturated heterocycles. The summed E-state index contributed by atoms with van der Waals surface area (Å²) in [5.41, 5.74) is 3.29. The van der Waals surface area contributed by atoms with E-state index < -0.39 is 0 Å². The fraction of sp³-hybridized carbons (Fsp3) is 0.316. The molecule has 1 N–H and O–H groups in total. The Morgan fingerprint density at radius 1 is 1.35 bits per heavy atom. The molecule has 7 heteroatoms. The normalized spacial score (nSPS) is 16.8. The van der Waals surface area contributed by atoms with Crippen molar-refractivity contribution < 1.29 is 4.74 Å². The molecule has 0 fully saturated rings. The van der Waals surface area contributed by atoms with Crippen LogP contribution in [0.1, 0.15) is 23.8 Å². The number of pyridine rings is 1. The molecule has 5 rings (SSSR count). The largest absolute Gasteiger partial charge is 0.493 e. The van der Waals surface area contributed by atoms with Crippen LogP contribution in [0.5, 0.6) is 5.75 Å². The molecule has 4 heterocycles. The first-order valence-corrected chi connectivity index (χ1v) is 9.58. The standard InChI is InChI=1S/C19H19N5OS/c1-11-3-4-13-16(7-11)26-19-17(13)18(20-10-21-19)23-14-8-12-5-6-22-24(12)9-15(14)25-2/h5-6,8-11H,3-4,7H2,1-2H3,(H,20,21,23)/t11-/m0/s1. The number of nitrogens with one attached hydrogen (secondary N) is 1. The summed E-state index contributed by atoms with van der Waals surface area (Å²) < 4.78 is 7.35. The number of hydrogen-bond acceptors (Lipinski definition) is 6. The molecule has 0 radical (unpaired) electrons. The minimum Gasteiger partial charge on any atom is -0.493 e. The van der Waals surface area contributed by atoms with E-state index in [9.17, 15) is 0 Å². The Labute approximate surface area is 154 Å².